The Balaban J connectivity index is 1.12. The molecule has 0 bridgehead atoms. The third-order valence-corrected chi connectivity index (χ3v) is 13.4. The normalized spacial score (nSPS) is 13.0. The molecule has 0 amide bonds. The lowest BCUT2D eigenvalue weighted by Crippen LogP contribution is -2.28. The summed E-state index contributed by atoms with van der Waals surface area (Å²) in [6.07, 6.45) is 0. The third-order valence-electron chi connectivity index (χ3n) is 12.2. The lowest BCUT2D eigenvalue weighted by atomic mass is 9.66. The lowest BCUT2D eigenvalue weighted by Gasteiger charge is -2.34. The maximum atomic E-state index is 2.44. The van der Waals surface area contributed by atoms with Crippen LogP contribution < -0.4 is 4.90 Å². The molecule has 11 aromatic rings. The van der Waals surface area contributed by atoms with Crippen molar-refractivity contribution in [3.8, 4) is 16.8 Å². The molecule has 2 heterocycles. The van der Waals surface area contributed by atoms with E-state index in [-0.39, 0.29) is 0 Å². The number of benzene rings is 9. The molecule has 12 rings (SSSR count). The second-order valence-corrected chi connectivity index (χ2v) is 16.3. The standard InChI is InChI=1S/C55H36N2S/c1-4-17-37(18-5-1)55(47-26-13-10-23-42(47)43-24-11-14-27-48(43)55)49-28-16-30-53-54(49)46-36-41(32-34-52(46)58-53)56(38-19-6-2-7-20-38)40-31-33-51-45(35-40)44-25-12-15-29-50(44)57(51)39-21-8-3-9-22-39/h1-36H. The Labute approximate surface area is 341 Å². The zero-order valence-corrected chi connectivity index (χ0v) is 32.4. The molecular formula is C55H36N2S. The van der Waals surface area contributed by atoms with Crippen LogP contribution in [0.25, 0.3) is 58.8 Å². The topological polar surface area (TPSA) is 8.17 Å². The smallest absolute Gasteiger partial charge is 0.0720 e. The highest BCUT2D eigenvalue weighted by Crippen LogP contribution is 2.58. The summed E-state index contributed by atoms with van der Waals surface area (Å²) in [6.45, 7) is 0. The van der Waals surface area contributed by atoms with Gasteiger partial charge in [-0.15, -0.1) is 11.3 Å². The average molecular weight is 757 g/mol. The minimum atomic E-state index is -0.491. The van der Waals surface area contributed by atoms with E-state index in [1.54, 1.807) is 0 Å². The molecule has 0 atom stereocenters. The summed E-state index contributed by atoms with van der Waals surface area (Å²) in [5, 5.41) is 5.05. The van der Waals surface area contributed by atoms with E-state index in [0.29, 0.717) is 0 Å². The fourth-order valence-corrected chi connectivity index (χ4v) is 11.0. The predicted molar refractivity (Wildman–Crippen MR) is 246 cm³/mol. The Morgan fingerprint density at radius 1 is 0.379 bits per heavy atom. The van der Waals surface area contributed by atoms with Crippen LogP contribution in [0.15, 0.2) is 218 Å². The first kappa shape index (κ1) is 33.0. The number of anilines is 3. The maximum absolute atomic E-state index is 2.44. The number of nitrogens with zero attached hydrogens (tertiary/aromatic N) is 2. The van der Waals surface area contributed by atoms with E-state index in [4.69, 9.17) is 0 Å². The van der Waals surface area contributed by atoms with Crippen LogP contribution in [0, 0.1) is 0 Å². The summed E-state index contributed by atoms with van der Waals surface area (Å²) in [7, 11) is 0. The van der Waals surface area contributed by atoms with Crippen molar-refractivity contribution in [1.29, 1.82) is 0 Å². The number of para-hydroxylation sites is 3. The molecule has 0 aliphatic heterocycles. The fraction of sp³-hybridized carbons (Fsp3) is 0.0182. The first-order chi connectivity index (χ1) is 28.8. The Hall–Kier alpha value is -7.20. The van der Waals surface area contributed by atoms with Gasteiger partial charge in [-0.1, -0.05) is 146 Å². The van der Waals surface area contributed by atoms with Gasteiger partial charge in [0.15, 0.2) is 0 Å². The van der Waals surface area contributed by atoms with Crippen LogP contribution in [0.2, 0.25) is 0 Å². The number of hydrogen-bond donors (Lipinski definition) is 0. The Morgan fingerprint density at radius 2 is 0.948 bits per heavy atom. The van der Waals surface area contributed by atoms with Crippen LogP contribution in [0.1, 0.15) is 22.3 Å². The van der Waals surface area contributed by atoms with Crippen molar-refractivity contribution in [3.05, 3.63) is 241 Å². The second kappa shape index (κ2) is 12.9. The van der Waals surface area contributed by atoms with Gasteiger partial charge in [-0.25, -0.2) is 0 Å². The van der Waals surface area contributed by atoms with Crippen LogP contribution in [-0.4, -0.2) is 4.57 Å². The molecule has 0 saturated heterocycles. The summed E-state index contributed by atoms with van der Waals surface area (Å²) in [6, 6.07) is 80.5. The van der Waals surface area contributed by atoms with E-state index < -0.39 is 5.41 Å². The highest BCUT2D eigenvalue weighted by atomic mass is 32.1. The molecule has 272 valence electrons. The monoisotopic (exact) mass is 756 g/mol. The summed E-state index contributed by atoms with van der Waals surface area (Å²) in [4.78, 5) is 2.42. The van der Waals surface area contributed by atoms with E-state index in [1.807, 2.05) is 11.3 Å². The second-order valence-electron chi connectivity index (χ2n) is 15.2. The van der Waals surface area contributed by atoms with Gasteiger partial charge in [0.05, 0.1) is 16.4 Å². The molecule has 0 saturated carbocycles. The van der Waals surface area contributed by atoms with Crippen LogP contribution in [0.3, 0.4) is 0 Å². The lowest BCUT2D eigenvalue weighted by molar-refractivity contribution is 0.777. The summed E-state index contributed by atoms with van der Waals surface area (Å²) in [5.74, 6) is 0. The van der Waals surface area contributed by atoms with Crippen LogP contribution in [0.4, 0.5) is 17.1 Å². The van der Waals surface area contributed by atoms with E-state index >= 15 is 0 Å². The molecule has 9 aromatic carbocycles. The molecule has 2 aromatic heterocycles. The Morgan fingerprint density at radius 3 is 1.69 bits per heavy atom. The largest absolute Gasteiger partial charge is 0.310 e. The summed E-state index contributed by atoms with van der Waals surface area (Å²) < 4.78 is 4.96. The van der Waals surface area contributed by atoms with Gasteiger partial charge in [0.25, 0.3) is 0 Å². The number of hydrogen-bond acceptors (Lipinski definition) is 2. The average Bonchev–Trinajstić information content (AvgIpc) is 3.94. The molecule has 0 radical (unpaired) electrons. The van der Waals surface area contributed by atoms with Crippen molar-refractivity contribution in [1.82, 2.24) is 4.57 Å². The minimum absolute atomic E-state index is 0.491. The van der Waals surface area contributed by atoms with Gasteiger partial charge in [0.2, 0.25) is 0 Å². The molecular weight excluding hydrogens is 721 g/mol. The number of thiophene rings is 1. The van der Waals surface area contributed by atoms with Crippen molar-refractivity contribution >= 4 is 70.4 Å². The van der Waals surface area contributed by atoms with Gasteiger partial charge in [0, 0.05) is 53.7 Å². The fourth-order valence-electron chi connectivity index (χ4n) is 9.93. The molecule has 0 N–H and O–H groups in total. The van der Waals surface area contributed by atoms with Crippen molar-refractivity contribution in [2.75, 3.05) is 4.90 Å². The van der Waals surface area contributed by atoms with Crippen LogP contribution in [0.5, 0.6) is 0 Å². The van der Waals surface area contributed by atoms with Gasteiger partial charge in [-0.05, 0) is 106 Å². The maximum Gasteiger partial charge on any atom is 0.0720 e. The molecule has 0 spiro atoms. The number of rotatable bonds is 6. The van der Waals surface area contributed by atoms with Gasteiger partial charge in [0.1, 0.15) is 0 Å². The summed E-state index contributed by atoms with van der Waals surface area (Å²) >= 11 is 1.89. The van der Waals surface area contributed by atoms with E-state index in [2.05, 4.69) is 228 Å². The van der Waals surface area contributed by atoms with Gasteiger partial charge < -0.3 is 9.47 Å². The van der Waals surface area contributed by atoms with E-state index in [9.17, 15) is 0 Å². The molecule has 58 heavy (non-hydrogen) atoms. The number of aromatic nitrogens is 1. The predicted octanol–water partition coefficient (Wildman–Crippen LogP) is 15.0. The first-order valence-corrected chi connectivity index (χ1v) is 20.8. The minimum Gasteiger partial charge on any atom is -0.310 e. The first-order valence-electron chi connectivity index (χ1n) is 19.9. The van der Waals surface area contributed by atoms with Crippen molar-refractivity contribution in [3.63, 3.8) is 0 Å². The quantitative estimate of drug-likeness (QED) is 0.164. The zero-order valence-electron chi connectivity index (χ0n) is 31.6. The van der Waals surface area contributed by atoms with E-state index in [0.717, 1.165) is 22.7 Å². The molecule has 0 fully saturated rings. The molecule has 1 aliphatic rings. The highest BCUT2D eigenvalue weighted by molar-refractivity contribution is 7.25. The van der Waals surface area contributed by atoms with Gasteiger partial charge >= 0.3 is 0 Å². The summed E-state index contributed by atoms with van der Waals surface area (Å²) in [5.41, 5.74) is 14.3. The van der Waals surface area contributed by atoms with Gasteiger partial charge in [-0.3, -0.25) is 0 Å². The number of fused-ring (bicyclic) bond motifs is 9. The third kappa shape index (κ3) is 4.71. The Kier molecular flexibility index (Phi) is 7.35. The molecule has 2 nitrogen and oxygen atoms in total. The van der Waals surface area contributed by atoms with Gasteiger partial charge in [-0.2, -0.15) is 0 Å². The van der Waals surface area contributed by atoms with Crippen LogP contribution in [-0.2, 0) is 5.41 Å². The van der Waals surface area contributed by atoms with Crippen molar-refractivity contribution in [2.45, 2.75) is 5.41 Å². The zero-order chi connectivity index (χ0) is 38.2. The Bertz CT molecular complexity index is 3300. The molecule has 3 heteroatoms. The highest BCUT2D eigenvalue weighted by Gasteiger charge is 2.47. The molecule has 0 unspecified atom stereocenters. The van der Waals surface area contributed by atoms with E-state index in [1.165, 1.54) is 75.4 Å². The molecule has 1 aliphatic carbocycles. The van der Waals surface area contributed by atoms with Crippen molar-refractivity contribution < 1.29 is 0 Å². The van der Waals surface area contributed by atoms with Crippen molar-refractivity contribution in [2.24, 2.45) is 0 Å². The van der Waals surface area contributed by atoms with Crippen LogP contribution >= 0.6 is 11.3 Å². The SMILES string of the molecule is c1ccc(N(c2ccc3sc4cccc(C5(c6ccccc6)c6ccccc6-c6ccccc65)c4c3c2)c2ccc3c(c2)c2ccccc2n3-c2ccccc2)cc1.